The SMILES string of the molecule is CN(C(=O)CC[C@H](N)C(=O)O)c1ccc(O)cc1. The lowest BCUT2D eigenvalue weighted by Crippen LogP contribution is -2.33. The molecule has 18 heavy (non-hydrogen) atoms. The minimum absolute atomic E-state index is 0.0604. The van der Waals surface area contributed by atoms with Crippen LogP contribution in [0.1, 0.15) is 12.8 Å². The van der Waals surface area contributed by atoms with Crippen molar-refractivity contribution in [3.05, 3.63) is 24.3 Å². The Labute approximate surface area is 105 Å². The van der Waals surface area contributed by atoms with Crippen molar-refractivity contribution in [3.8, 4) is 5.75 Å². The predicted octanol–water partition coefficient (Wildman–Crippen LogP) is 0.547. The van der Waals surface area contributed by atoms with Crippen LogP contribution in [0.2, 0.25) is 0 Å². The number of anilines is 1. The summed E-state index contributed by atoms with van der Waals surface area (Å²) >= 11 is 0. The van der Waals surface area contributed by atoms with E-state index in [1.807, 2.05) is 0 Å². The van der Waals surface area contributed by atoms with E-state index < -0.39 is 12.0 Å². The number of amides is 1. The van der Waals surface area contributed by atoms with Crippen LogP contribution in [0, 0.1) is 0 Å². The second-order valence-corrected chi connectivity index (χ2v) is 3.95. The molecule has 0 aliphatic carbocycles. The summed E-state index contributed by atoms with van der Waals surface area (Å²) in [6.07, 6.45) is 0.154. The number of rotatable bonds is 5. The third kappa shape index (κ3) is 3.74. The summed E-state index contributed by atoms with van der Waals surface area (Å²) in [6.45, 7) is 0. The number of aromatic hydroxyl groups is 1. The fourth-order valence-corrected chi connectivity index (χ4v) is 1.39. The second-order valence-electron chi connectivity index (χ2n) is 3.95. The van der Waals surface area contributed by atoms with Crippen LogP contribution in [-0.4, -0.2) is 35.2 Å². The molecule has 0 aliphatic rings. The molecule has 0 radical (unpaired) electrons. The van der Waals surface area contributed by atoms with Gasteiger partial charge in [-0.1, -0.05) is 0 Å². The van der Waals surface area contributed by atoms with Gasteiger partial charge in [-0.3, -0.25) is 9.59 Å². The van der Waals surface area contributed by atoms with Gasteiger partial charge in [0.1, 0.15) is 11.8 Å². The van der Waals surface area contributed by atoms with Crippen LogP contribution in [0.5, 0.6) is 5.75 Å². The molecule has 1 aromatic carbocycles. The molecule has 1 rings (SSSR count). The molecule has 0 unspecified atom stereocenters. The monoisotopic (exact) mass is 252 g/mol. The van der Waals surface area contributed by atoms with Gasteiger partial charge in [0.2, 0.25) is 5.91 Å². The number of carboxylic acid groups (broad SMARTS) is 1. The molecule has 0 spiro atoms. The number of phenols is 1. The van der Waals surface area contributed by atoms with Crippen LogP contribution in [0.15, 0.2) is 24.3 Å². The molecule has 1 amide bonds. The van der Waals surface area contributed by atoms with E-state index in [9.17, 15) is 9.59 Å². The van der Waals surface area contributed by atoms with Crippen molar-refractivity contribution in [2.45, 2.75) is 18.9 Å². The summed E-state index contributed by atoms with van der Waals surface area (Å²) in [4.78, 5) is 23.7. The first kappa shape index (κ1) is 14.0. The van der Waals surface area contributed by atoms with Crippen LogP contribution in [-0.2, 0) is 9.59 Å². The van der Waals surface area contributed by atoms with E-state index in [0.717, 1.165) is 0 Å². The molecule has 0 saturated heterocycles. The third-order valence-electron chi connectivity index (χ3n) is 2.60. The lowest BCUT2D eigenvalue weighted by molar-refractivity contribution is -0.138. The molecule has 0 heterocycles. The molecule has 0 aromatic heterocycles. The number of aliphatic carboxylic acids is 1. The van der Waals surface area contributed by atoms with Gasteiger partial charge in [-0.25, -0.2) is 0 Å². The summed E-state index contributed by atoms with van der Waals surface area (Å²) in [5.41, 5.74) is 5.95. The number of nitrogens with two attached hydrogens (primary N) is 1. The fourth-order valence-electron chi connectivity index (χ4n) is 1.39. The molecule has 0 fully saturated rings. The number of benzene rings is 1. The average molecular weight is 252 g/mol. The van der Waals surface area contributed by atoms with Gasteiger partial charge < -0.3 is 20.8 Å². The van der Waals surface area contributed by atoms with Crippen LogP contribution in [0.3, 0.4) is 0 Å². The van der Waals surface area contributed by atoms with Crippen molar-refractivity contribution >= 4 is 17.6 Å². The van der Waals surface area contributed by atoms with Crippen molar-refractivity contribution in [1.29, 1.82) is 0 Å². The van der Waals surface area contributed by atoms with E-state index in [2.05, 4.69) is 0 Å². The van der Waals surface area contributed by atoms with Crippen LogP contribution in [0.25, 0.3) is 0 Å². The van der Waals surface area contributed by atoms with Crippen LogP contribution >= 0.6 is 0 Å². The highest BCUT2D eigenvalue weighted by atomic mass is 16.4. The topological polar surface area (TPSA) is 104 Å². The second kappa shape index (κ2) is 6.02. The molecule has 4 N–H and O–H groups in total. The number of hydrogen-bond acceptors (Lipinski definition) is 4. The van der Waals surface area contributed by atoms with Gasteiger partial charge in [0.25, 0.3) is 0 Å². The summed E-state index contributed by atoms with van der Waals surface area (Å²) in [5.74, 6) is -1.22. The standard InChI is InChI=1S/C12H16N2O4/c1-14(8-2-4-9(15)5-3-8)11(16)7-6-10(13)12(17)18/h2-5,10,15H,6-7,13H2,1H3,(H,17,18)/t10-/m0/s1. The molecule has 0 saturated carbocycles. The maximum absolute atomic E-state index is 11.8. The van der Waals surface area contributed by atoms with Gasteiger partial charge in [0, 0.05) is 19.2 Å². The zero-order chi connectivity index (χ0) is 13.7. The Kier molecular flexibility index (Phi) is 4.67. The molecule has 6 nitrogen and oxygen atoms in total. The number of carbonyl (C=O) groups is 2. The molecule has 0 bridgehead atoms. The molecule has 0 aliphatic heterocycles. The van der Waals surface area contributed by atoms with Crippen molar-refractivity contribution < 1.29 is 19.8 Å². The number of phenolic OH excluding ortho intramolecular Hbond substituents is 1. The Bertz CT molecular complexity index is 430. The first-order valence-corrected chi connectivity index (χ1v) is 5.46. The Hall–Kier alpha value is -2.08. The summed E-state index contributed by atoms with van der Waals surface area (Å²) in [5, 5.41) is 17.7. The van der Waals surface area contributed by atoms with Crippen LogP contribution in [0.4, 0.5) is 5.69 Å². The van der Waals surface area contributed by atoms with E-state index >= 15 is 0 Å². The maximum Gasteiger partial charge on any atom is 0.320 e. The average Bonchev–Trinajstić information content (AvgIpc) is 2.35. The smallest absolute Gasteiger partial charge is 0.320 e. The number of carboxylic acids is 1. The molecular weight excluding hydrogens is 236 g/mol. The van der Waals surface area contributed by atoms with E-state index in [4.69, 9.17) is 15.9 Å². The van der Waals surface area contributed by atoms with E-state index in [-0.39, 0.29) is 24.5 Å². The minimum atomic E-state index is -1.12. The quantitative estimate of drug-likeness (QED) is 0.709. The Morgan fingerprint density at radius 2 is 1.89 bits per heavy atom. The summed E-state index contributed by atoms with van der Waals surface area (Å²) in [6, 6.07) is 5.13. The highest BCUT2D eigenvalue weighted by Crippen LogP contribution is 2.18. The number of nitrogens with zero attached hydrogens (tertiary/aromatic N) is 1. The van der Waals surface area contributed by atoms with Gasteiger partial charge in [0.15, 0.2) is 0 Å². The zero-order valence-corrected chi connectivity index (χ0v) is 10.0. The normalized spacial score (nSPS) is 11.9. The minimum Gasteiger partial charge on any atom is -0.508 e. The first-order chi connectivity index (χ1) is 8.41. The Morgan fingerprint density at radius 3 is 2.39 bits per heavy atom. The Balaban J connectivity index is 2.56. The van der Waals surface area contributed by atoms with E-state index in [1.54, 1.807) is 19.2 Å². The van der Waals surface area contributed by atoms with Gasteiger partial charge in [-0.15, -0.1) is 0 Å². The van der Waals surface area contributed by atoms with Crippen molar-refractivity contribution in [3.63, 3.8) is 0 Å². The molecular formula is C12H16N2O4. The highest BCUT2D eigenvalue weighted by molar-refractivity contribution is 5.93. The summed E-state index contributed by atoms with van der Waals surface area (Å²) in [7, 11) is 1.58. The van der Waals surface area contributed by atoms with E-state index in [0.29, 0.717) is 5.69 Å². The number of carbonyl (C=O) groups excluding carboxylic acids is 1. The third-order valence-corrected chi connectivity index (χ3v) is 2.60. The van der Waals surface area contributed by atoms with E-state index in [1.165, 1.54) is 17.0 Å². The Morgan fingerprint density at radius 1 is 1.33 bits per heavy atom. The maximum atomic E-state index is 11.8. The molecule has 1 aromatic rings. The highest BCUT2D eigenvalue weighted by Gasteiger charge is 2.16. The van der Waals surface area contributed by atoms with Crippen molar-refractivity contribution in [1.82, 2.24) is 0 Å². The lowest BCUT2D eigenvalue weighted by Gasteiger charge is -2.17. The lowest BCUT2D eigenvalue weighted by atomic mass is 10.1. The van der Waals surface area contributed by atoms with Gasteiger partial charge in [-0.2, -0.15) is 0 Å². The number of hydrogen-bond donors (Lipinski definition) is 3. The van der Waals surface area contributed by atoms with Gasteiger partial charge >= 0.3 is 5.97 Å². The fraction of sp³-hybridized carbons (Fsp3) is 0.333. The zero-order valence-electron chi connectivity index (χ0n) is 10.0. The van der Waals surface area contributed by atoms with Crippen molar-refractivity contribution in [2.24, 2.45) is 5.73 Å². The first-order valence-electron chi connectivity index (χ1n) is 5.46. The summed E-state index contributed by atoms with van der Waals surface area (Å²) < 4.78 is 0. The largest absolute Gasteiger partial charge is 0.508 e. The van der Waals surface area contributed by atoms with Gasteiger partial charge in [0.05, 0.1) is 0 Å². The molecule has 98 valence electrons. The van der Waals surface area contributed by atoms with Crippen LogP contribution < -0.4 is 10.6 Å². The molecule has 6 heteroatoms. The van der Waals surface area contributed by atoms with Gasteiger partial charge in [-0.05, 0) is 30.7 Å². The molecule has 1 atom stereocenters. The predicted molar refractivity (Wildman–Crippen MR) is 66.4 cm³/mol. The van der Waals surface area contributed by atoms with Crippen molar-refractivity contribution in [2.75, 3.05) is 11.9 Å².